The molecule has 0 aliphatic carbocycles. The van der Waals surface area contributed by atoms with Crippen molar-refractivity contribution in [1.82, 2.24) is 14.8 Å². The van der Waals surface area contributed by atoms with Gasteiger partial charge in [0.25, 0.3) is 0 Å². The lowest BCUT2D eigenvalue weighted by molar-refractivity contribution is -0.133. The number of carbonyl (C=O) groups excluding carboxylic acids is 1. The van der Waals surface area contributed by atoms with Gasteiger partial charge in [0.15, 0.2) is 5.78 Å². The number of nitrogens with zero attached hydrogens (tertiary/aromatic N) is 3. The lowest BCUT2D eigenvalue weighted by Gasteiger charge is -2.26. The lowest BCUT2D eigenvalue weighted by atomic mass is 9.85. The van der Waals surface area contributed by atoms with Crippen molar-refractivity contribution in [3.63, 3.8) is 0 Å². The zero-order valence-electron chi connectivity index (χ0n) is 11.3. The third kappa shape index (κ3) is 5.96. The Bertz CT molecular complexity index is 404. The van der Waals surface area contributed by atoms with Gasteiger partial charge >= 0.3 is 6.16 Å². The zero-order valence-corrected chi connectivity index (χ0v) is 11.3. The molecule has 19 heavy (non-hydrogen) atoms. The van der Waals surface area contributed by atoms with Crippen molar-refractivity contribution >= 4 is 11.9 Å². The van der Waals surface area contributed by atoms with Crippen LogP contribution in [0.15, 0.2) is 12.7 Å². The first-order chi connectivity index (χ1) is 8.57. The van der Waals surface area contributed by atoms with Gasteiger partial charge < -0.3 is 15.3 Å². The minimum Gasteiger partial charge on any atom is -0.450 e. The van der Waals surface area contributed by atoms with Crippen LogP contribution in [0.5, 0.6) is 0 Å². The van der Waals surface area contributed by atoms with Crippen LogP contribution < -0.4 is 0 Å². The maximum atomic E-state index is 12.1. The van der Waals surface area contributed by atoms with Crippen LogP contribution in [0.3, 0.4) is 0 Å². The quantitative estimate of drug-likeness (QED) is 0.751. The SMILES string of the molecule is CC(O)C(C(=O)C(C)(C)C)n1cncn1.O=C(O)O. The second-order valence-corrected chi connectivity index (χ2v) is 4.96. The van der Waals surface area contributed by atoms with Gasteiger partial charge in [0.05, 0.1) is 6.10 Å². The van der Waals surface area contributed by atoms with E-state index in [-0.39, 0.29) is 5.78 Å². The molecule has 0 aliphatic rings. The Morgan fingerprint density at radius 3 is 2.00 bits per heavy atom. The van der Waals surface area contributed by atoms with Gasteiger partial charge in [0, 0.05) is 5.41 Å². The number of Topliss-reactive ketones (excluding diaryl/α,β-unsaturated/α-hetero) is 1. The molecule has 2 unspecified atom stereocenters. The molecule has 0 amide bonds. The average molecular weight is 273 g/mol. The summed E-state index contributed by atoms with van der Waals surface area (Å²) in [6, 6.07) is -0.660. The summed E-state index contributed by atoms with van der Waals surface area (Å²) in [7, 11) is 0. The Morgan fingerprint density at radius 2 is 1.74 bits per heavy atom. The van der Waals surface area contributed by atoms with Crippen LogP contribution in [0.1, 0.15) is 33.7 Å². The molecule has 8 heteroatoms. The number of ketones is 1. The number of aliphatic hydroxyl groups is 1. The molecule has 1 aromatic rings. The fraction of sp³-hybridized carbons (Fsp3) is 0.636. The Morgan fingerprint density at radius 1 is 1.26 bits per heavy atom. The fourth-order valence-corrected chi connectivity index (χ4v) is 1.36. The summed E-state index contributed by atoms with van der Waals surface area (Å²) >= 11 is 0. The van der Waals surface area contributed by atoms with Crippen molar-refractivity contribution in [2.45, 2.75) is 39.8 Å². The minimum atomic E-state index is -1.83. The van der Waals surface area contributed by atoms with Gasteiger partial charge in [0.2, 0.25) is 0 Å². The molecular formula is C11H19N3O5. The highest BCUT2D eigenvalue weighted by Gasteiger charge is 2.34. The molecule has 0 aliphatic heterocycles. The van der Waals surface area contributed by atoms with Crippen LogP contribution in [0, 0.1) is 5.41 Å². The van der Waals surface area contributed by atoms with Crippen LogP contribution in [-0.2, 0) is 4.79 Å². The van der Waals surface area contributed by atoms with Crippen molar-refractivity contribution in [2.24, 2.45) is 5.41 Å². The van der Waals surface area contributed by atoms with E-state index >= 15 is 0 Å². The summed E-state index contributed by atoms with van der Waals surface area (Å²) < 4.78 is 1.40. The average Bonchev–Trinajstić information content (AvgIpc) is 2.68. The Labute approximate surface area is 110 Å². The Hall–Kier alpha value is -1.96. The molecule has 1 rings (SSSR count). The minimum absolute atomic E-state index is 0.0528. The van der Waals surface area contributed by atoms with Crippen LogP contribution in [0.2, 0.25) is 0 Å². The summed E-state index contributed by atoms with van der Waals surface area (Å²) in [5.41, 5.74) is -0.506. The Balaban J connectivity index is 0.000000711. The lowest BCUT2D eigenvalue weighted by Crippen LogP contribution is -2.37. The Kier molecular flexibility index (Phi) is 6.13. The predicted molar refractivity (Wildman–Crippen MR) is 65.9 cm³/mol. The molecular weight excluding hydrogens is 254 g/mol. The summed E-state index contributed by atoms with van der Waals surface area (Å²) in [5.74, 6) is -0.0528. The van der Waals surface area contributed by atoms with E-state index in [4.69, 9.17) is 15.0 Å². The van der Waals surface area contributed by atoms with Crippen LogP contribution in [0.4, 0.5) is 4.79 Å². The van der Waals surface area contributed by atoms with Crippen LogP contribution in [0.25, 0.3) is 0 Å². The molecule has 0 saturated carbocycles. The highest BCUT2D eigenvalue weighted by molar-refractivity contribution is 5.87. The number of carbonyl (C=O) groups is 2. The molecule has 1 aromatic heterocycles. The number of rotatable bonds is 3. The van der Waals surface area contributed by atoms with Crippen molar-refractivity contribution in [3.8, 4) is 0 Å². The van der Waals surface area contributed by atoms with E-state index in [2.05, 4.69) is 10.1 Å². The largest absolute Gasteiger partial charge is 0.503 e. The van der Waals surface area contributed by atoms with Gasteiger partial charge in [0.1, 0.15) is 18.7 Å². The maximum absolute atomic E-state index is 12.1. The third-order valence-electron chi connectivity index (χ3n) is 2.19. The molecule has 1 heterocycles. The third-order valence-corrected chi connectivity index (χ3v) is 2.19. The first kappa shape index (κ1) is 17.0. The van der Waals surface area contributed by atoms with Crippen molar-refractivity contribution in [1.29, 1.82) is 0 Å². The first-order valence-electron chi connectivity index (χ1n) is 5.55. The van der Waals surface area contributed by atoms with E-state index in [1.807, 2.05) is 20.8 Å². The maximum Gasteiger partial charge on any atom is 0.503 e. The van der Waals surface area contributed by atoms with Crippen molar-refractivity contribution in [2.75, 3.05) is 0 Å². The highest BCUT2D eigenvalue weighted by Crippen LogP contribution is 2.25. The smallest absolute Gasteiger partial charge is 0.450 e. The molecule has 0 bridgehead atoms. The monoisotopic (exact) mass is 273 g/mol. The second-order valence-electron chi connectivity index (χ2n) is 4.96. The molecule has 8 nitrogen and oxygen atoms in total. The highest BCUT2D eigenvalue weighted by atomic mass is 16.6. The predicted octanol–water partition coefficient (Wildman–Crippen LogP) is 1.04. The van der Waals surface area contributed by atoms with E-state index in [9.17, 15) is 9.90 Å². The van der Waals surface area contributed by atoms with Gasteiger partial charge in [-0.15, -0.1) is 0 Å². The van der Waals surface area contributed by atoms with E-state index < -0.39 is 23.7 Å². The van der Waals surface area contributed by atoms with E-state index in [0.29, 0.717) is 0 Å². The molecule has 0 radical (unpaired) electrons. The number of aromatic nitrogens is 3. The standard InChI is InChI=1S/C10H17N3O2.CH2O3/c1-7(14)8(9(15)10(2,3)4)13-6-11-5-12-13;2-1(3)4/h5-8,14H,1-4H3;(H2,2,3,4). The number of carboxylic acid groups (broad SMARTS) is 2. The molecule has 0 saturated heterocycles. The van der Waals surface area contributed by atoms with Gasteiger partial charge in [-0.2, -0.15) is 5.10 Å². The van der Waals surface area contributed by atoms with Crippen LogP contribution in [-0.4, -0.2) is 48.1 Å². The van der Waals surface area contributed by atoms with Gasteiger partial charge in [-0.05, 0) is 6.92 Å². The molecule has 0 fully saturated rings. The van der Waals surface area contributed by atoms with Crippen molar-refractivity contribution in [3.05, 3.63) is 12.7 Å². The molecule has 0 spiro atoms. The molecule has 0 aromatic carbocycles. The summed E-state index contributed by atoms with van der Waals surface area (Å²) in [4.78, 5) is 24.4. The van der Waals surface area contributed by atoms with Crippen molar-refractivity contribution < 1.29 is 24.9 Å². The van der Waals surface area contributed by atoms with E-state index in [0.717, 1.165) is 0 Å². The normalized spacial score (nSPS) is 13.9. The number of hydrogen-bond acceptors (Lipinski definition) is 5. The topological polar surface area (TPSA) is 126 Å². The fourth-order valence-electron chi connectivity index (χ4n) is 1.36. The molecule has 3 N–H and O–H groups in total. The van der Waals surface area contributed by atoms with Crippen LogP contribution >= 0.6 is 0 Å². The zero-order chi connectivity index (χ0) is 15.2. The molecule has 108 valence electrons. The number of aliphatic hydroxyl groups excluding tert-OH is 1. The molecule has 2 atom stereocenters. The summed E-state index contributed by atoms with van der Waals surface area (Å²) in [5, 5.41) is 27.4. The number of hydrogen-bond donors (Lipinski definition) is 3. The second kappa shape index (κ2) is 6.83. The van der Waals surface area contributed by atoms with Gasteiger partial charge in [-0.25, -0.2) is 14.5 Å². The summed E-state index contributed by atoms with van der Waals surface area (Å²) in [6.45, 7) is 7.04. The van der Waals surface area contributed by atoms with Gasteiger partial charge in [-0.1, -0.05) is 20.8 Å². The van der Waals surface area contributed by atoms with Gasteiger partial charge in [-0.3, -0.25) is 4.79 Å². The first-order valence-corrected chi connectivity index (χ1v) is 5.55. The van der Waals surface area contributed by atoms with E-state index in [1.165, 1.54) is 17.3 Å². The summed E-state index contributed by atoms with van der Waals surface area (Å²) in [6.07, 6.45) is 0.185. The van der Waals surface area contributed by atoms with E-state index in [1.54, 1.807) is 6.92 Å².